The van der Waals surface area contributed by atoms with Crippen molar-refractivity contribution in [3.8, 4) is 11.1 Å². The van der Waals surface area contributed by atoms with Gasteiger partial charge in [-0.2, -0.15) is 0 Å². The number of benzene rings is 1. The van der Waals surface area contributed by atoms with Gasteiger partial charge in [0.05, 0.1) is 0 Å². The fourth-order valence-electron chi connectivity index (χ4n) is 1.61. The second kappa shape index (κ2) is 6.11. The quantitative estimate of drug-likeness (QED) is 0.612. The zero-order chi connectivity index (χ0) is 14.7. The molecule has 0 aliphatic rings. The molecule has 20 heavy (non-hydrogen) atoms. The number of hydrogen-bond acceptors (Lipinski definition) is 4. The van der Waals surface area contributed by atoms with Crippen molar-refractivity contribution >= 4 is 27.4 Å². The number of aromatic nitrogens is 2. The van der Waals surface area contributed by atoms with Crippen LogP contribution in [0.1, 0.15) is 10.5 Å². The minimum atomic E-state index is -0.401. The predicted molar refractivity (Wildman–Crippen MR) is 71.9 cm³/mol. The van der Waals surface area contributed by atoms with Crippen LogP contribution in [0.4, 0.5) is 4.39 Å². The van der Waals surface area contributed by atoms with Gasteiger partial charge in [-0.25, -0.2) is 0 Å². The number of nitrogens with zero attached hydrogens (tertiary/aromatic N) is 3. The van der Waals surface area contributed by atoms with Gasteiger partial charge in [0.25, 0.3) is 0 Å². The standard InChI is InChI=1S/C13H11AsFN3O2/c1-18(20-2)12(19)11-10(7-16-13(14)17-11)8-3-5-9(15)6-4-8/h3-7H,1-2H3. The van der Waals surface area contributed by atoms with Gasteiger partial charge >= 0.3 is 124 Å². The molecule has 2 aromatic rings. The summed E-state index contributed by atoms with van der Waals surface area (Å²) in [6.07, 6.45) is 1.53. The van der Waals surface area contributed by atoms with E-state index in [0.717, 1.165) is 5.06 Å². The molecule has 0 atom stereocenters. The maximum absolute atomic E-state index is 13.0. The first-order valence-corrected chi connectivity index (χ1v) is 6.61. The molecule has 1 aromatic heterocycles. The van der Waals surface area contributed by atoms with E-state index in [9.17, 15) is 9.18 Å². The Hall–Kier alpha value is -1.78. The van der Waals surface area contributed by atoms with Crippen LogP contribution in [0.3, 0.4) is 0 Å². The van der Waals surface area contributed by atoms with Gasteiger partial charge in [-0.3, -0.25) is 0 Å². The van der Waals surface area contributed by atoms with Crippen molar-refractivity contribution in [2.45, 2.75) is 0 Å². The molecule has 0 unspecified atom stereocenters. The molecule has 1 heterocycles. The summed E-state index contributed by atoms with van der Waals surface area (Å²) >= 11 is 2.17. The van der Waals surface area contributed by atoms with Crippen LogP contribution in [0.5, 0.6) is 0 Å². The van der Waals surface area contributed by atoms with E-state index in [1.807, 2.05) is 0 Å². The second-order valence-electron chi connectivity index (χ2n) is 3.92. The molecular formula is C13H11AsFN3O2. The first-order valence-electron chi connectivity index (χ1n) is 5.67. The molecular weight excluding hydrogens is 324 g/mol. The van der Waals surface area contributed by atoms with E-state index in [2.05, 4.69) is 26.8 Å². The zero-order valence-corrected chi connectivity index (χ0v) is 12.7. The molecule has 0 saturated heterocycles. The first-order chi connectivity index (χ1) is 9.52. The van der Waals surface area contributed by atoms with E-state index in [4.69, 9.17) is 4.84 Å². The summed E-state index contributed by atoms with van der Waals surface area (Å²) in [4.78, 5) is 25.3. The van der Waals surface area contributed by atoms with Crippen LogP contribution in [0, 0.1) is 5.82 Å². The summed E-state index contributed by atoms with van der Waals surface area (Å²) in [5, 5.41) is 1.07. The fourth-order valence-corrected chi connectivity index (χ4v) is 1.94. The van der Waals surface area contributed by atoms with Gasteiger partial charge in [-0.15, -0.1) is 0 Å². The Labute approximate surface area is 124 Å². The molecule has 2 radical (unpaired) electrons. The van der Waals surface area contributed by atoms with Gasteiger partial charge in [0.15, 0.2) is 0 Å². The van der Waals surface area contributed by atoms with E-state index in [-0.39, 0.29) is 11.5 Å². The summed E-state index contributed by atoms with van der Waals surface area (Å²) in [5.41, 5.74) is 1.38. The molecule has 1 aromatic carbocycles. The van der Waals surface area contributed by atoms with Gasteiger partial charge in [0.2, 0.25) is 0 Å². The summed E-state index contributed by atoms with van der Waals surface area (Å²) < 4.78 is 13.4. The maximum atomic E-state index is 13.0. The predicted octanol–water partition coefficient (Wildman–Crippen LogP) is 0.710. The molecule has 7 heteroatoms. The molecule has 0 aliphatic carbocycles. The van der Waals surface area contributed by atoms with Gasteiger partial charge < -0.3 is 0 Å². The van der Waals surface area contributed by atoms with Crippen molar-refractivity contribution in [1.29, 1.82) is 0 Å². The monoisotopic (exact) mass is 335 g/mol. The third-order valence-electron chi connectivity index (χ3n) is 2.69. The Morgan fingerprint density at radius 1 is 1.35 bits per heavy atom. The Morgan fingerprint density at radius 2 is 2.00 bits per heavy atom. The van der Waals surface area contributed by atoms with E-state index < -0.39 is 5.91 Å². The van der Waals surface area contributed by atoms with Gasteiger partial charge in [0.1, 0.15) is 0 Å². The van der Waals surface area contributed by atoms with Crippen LogP contribution in [0.2, 0.25) is 0 Å². The van der Waals surface area contributed by atoms with Crippen molar-refractivity contribution < 1.29 is 14.0 Å². The molecule has 1 amide bonds. The molecule has 0 saturated carbocycles. The normalized spacial score (nSPS) is 10.4. The average Bonchev–Trinajstić information content (AvgIpc) is 2.46. The minimum absolute atomic E-state index is 0.201. The first kappa shape index (κ1) is 14.6. The Kier molecular flexibility index (Phi) is 4.47. The number of amides is 1. The number of carbonyl (C=O) groups excluding carboxylic acids is 1. The SMILES string of the molecule is CON(C)C(=O)c1nc([As])ncc1-c1ccc(F)cc1. The number of hydrogen-bond donors (Lipinski definition) is 0. The fraction of sp³-hybridized carbons (Fsp3) is 0.154. The molecule has 0 fully saturated rings. The van der Waals surface area contributed by atoms with Crippen LogP contribution in [-0.2, 0) is 4.84 Å². The Morgan fingerprint density at radius 3 is 2.60 bits per heavy atom. The van der Waals surface area contributed by atoms with Gasteiger partial charge in [-0.05, 0) is 0 Å². The average molecular weight is 335 g/mol. The summed E-state index contributed by atoms with van der Waals surface area (Å²) in [6, 6.07) is 5.78. The summed E-state index contributed by atoms with van der Waals surface area (Å²) in [6.45, 7) is 0. The molecule has 5 nitrogen and oxygen atoms in total. The number of rotatable bonds is 3. The molecule has 0 aliphatic heterocycles. The van der Waals surface area contributed by atoms with Crippen LogP contribution >= 0.6 is 0 Å². The van der Waals surface area contributed by atoms with E-state index >= 15 is 0 Å². The molecule has 2 rings (SSSR count). The van der Waals surface area contributed by atoms with Crippen LogP contribution < -0.4 is 4.61 Å². The summed E-state index contributed by atoms with van der Waals surface area (Å²) in [7, 11) is 2.88. The Balaban J connectivity index is 2.53. The number of carbonyl (C=O) groups is 1. The molecule has 0 N–H and O–H groups in total. The van der Waals surface area contributed by atoms with Gasteiger partial charge in [0, 0.05) is 0 Å². The number of hydroxylamine groups is 2. The van der Waals surface area contributed by atoms with Crippen molar-refractivity contribution in [2.75, 3.05) is 14.2 Å². The van der Waals surface area contributed by atoms with Crippen LogP contribution in [-0.4, -0.2) is 51.9 Å². The van der Waals surface area contributed by atoms with Gasteiger partial charge in [-0.1, -0.05) is 0 Å². The topological polar surface area (TPSA) is 55.3 Å². The molecule has 102 valence electrons. The van der Waals surface area contributed by atoms with E-state index in [1.54, 1.807) is 12.1 Å². The van der Waals surface area contributed by atoms with Crippen molar-refractivity contribution in [3.63, 3.8) is 0 Å². The zero-order valence-electron chi connectivity index (χ0n) is 10.9. The van der Waals surface area contributed by atoms with E-state index in [1.165, 1.54) is 32.5 Å². The molecule has 0 bridgehead atoms. The van der Waals surface area contributed by atoms with Crippen LogP contribution in [0.15, 0.2) is 30.5 Å². The molecule has 0 spiro atoms. The number of halogens is 1. The third-order valence-corrected chi connectivity index (χ3v) is 3.15. The van der Waals surface area contributed by atoms with E-state index in [0.29, 0.717) is 15.7 Å². The van der Waals surface area contributed by atoms with Crippen molar-refractivity contribution in [3.05, 3.63) is 42.0 Å². The second-order valence-corrected chi connectivity index (χ2v) is 4.76. The third kappa shape index (κ3) is 3.03. The Bertz CT molecular complexity index is 634. The summed E-state index contributed by atoms with van der Waals surface area (Å²) in [5.74, 6) is -0.748. The van der Waals surface area contributed by atoms with Crippen molar-refractivity contribution in [1.82, 2.24) is 15.0 Å². The van der Waals surface area contributed by atoms with Crippen LogP contribution in [0.25, 0.3) is 11.1 Å². The van der Waals surface area contributed by atoms with Crippen molar-refractivity contribution in [2.24, 2.45) is 0 Å².